The highest BCUT2D eigenvalue weighted by atomic mass is 35.5. The number of sulfonamides is 1. The van der Waals surface area contributed by atoms with E-state index in [1.54, 1.807) is 6.92 Å². The zero-order valence-corrected chi connectivity index (χ0v) is 10.3. The van der Waals surface area contributed by atoms with Crippen LogP contribution in [0.5, 0.6) is 0 Å². The lowest BCUT2D eigenvalue weighted by molar-refractivity contribution is -0.134. The number of hydrogen-bond acceptors (Lipinski definition) is 4. The van der Waals surface area contributed by atoms with Crippen molar-refractivity contribution in [2.45, 2.75) is 6.92 Å². The van der Waals surface area contributed by atoms with Gasteiger partial charge in [-0.15, -0.1) is 11.6 Å². The Morgan fingerprint density at radius 3 is 2.31 bits per heavy atom. The molecule has 92 valence electrons. The van der Waals surface area contributed by atoms with Gasteiger partial charge in [0.05, 0.1) is 18.8 Å². The SMILES string of the molecule is CC(CCl)CS(=O)(=O)N1CC(=O)NC(=O)C1. The van der Waals surface area contributed by atoms with Crippen LogP contribution in [0.25, 0.3) is 0 Å². The van der Waals surface area contributed by atoms with E-state index in [-0.39, 0.29) is 30.6 Å². The molecule has 0 aromatic rings. The number of imide groups is 1. The first-order chi connectivity index (χ1) is 7.35. The summed E-state index contributed by atoms with van der Waals surface area (Å²) in [6, 6.07) is 0. The molecule has 0 saturated carbocycles. The third-order valence-corrected chi connectivity index (χ3v) is 4.63. The molecule has 16 heavy (non-hydrogen) atoms. The summed E-state index contributed by atoms with van der Waals surface area (Å²) in [5, 5.41) is 2.04. The molecule has 0 radical (unpaired) electrons. The maximum absolute atomic E-state index is 11.8. The van der Waals surface area contributed by atoms with Crippen LogP contribution in [-0.4, -0.2) is 49.3 Å². The van der Waals surface area contributed by atoms with E-state index >= 15 is 0 Å². The Balaban J connectivity index is 2.75. The number of amides is 2. The Kier molecular flexibility index (Phi) is 4.28. The Labute approximate surface area is 99.0 Å². The van der Waals surface area contributed by atoms with Gasteiger partial charge in [-0.1, -0.05) is 6.92 Å². The van der Waals surface area contributed by atoms with Crippen molar-refractivity contribution < 1.29 is 18.0 Å². The van der Waals surface area contributed by atoms with Crippen molar-refractivity contribution >= 4 is 33.4 Å². The Morgan fingerprint density at radius 2 is 1.88 bits per heavy atom. The fraction of sp³-hybridized carbons (Fsp3) is 0.750. The van der Waals surface area contributed by atoms with Crippen LogP contribution in [-0.2, 0) is 19.6 Å². The zero-order valence-electron chi connectivity index (χ0n) is 8.77. The van der Waals surface area contributed by atoms with E-state index in [2.05, 4.69) is 0 Å². The number of halogens is 1. The number of nitrogens with zero attached hydrogens (tertiary/aromatic N) is 1. The lowest BCUT2D eigenvalue weighted by atomic mass is 10.3. The van der Waals surface area contributed by atoms with E-state index in [4.69, 9.17) is 11.6 Å². The first-order valence-corrected chi connectivity index (χ1v) is 6.86. The van der Waals surface area contributed by atoms with Crippen LogP contribution in [0.15, 0.2) is 0 Å². The average molecular weight is 269 g/mol. The van der Waals surface area contributed by atoms with E-state index in [1.807, 2.05) is 5.32 Å². The summed E-state index contributed by atoms with van der Waals surface area (Å²) in [7, 11) is -3.59. The zero-order chi connectivity index (χ0) is 12.3. The maximum Gasteiger partial charge on any atom is 0.241 e. The van der Waals surface area contributed by atoms with Crippen molar-refractivity contribution in [1.29, 1.82) is 0 Å². The number of carbonyl (C=O) groups is 2. The standard InChI is InChI=1S/C8H13ClN2O4S/c1-6(2-9)5-16(14,15)11-3-7(12)10-8(13)4-11/h6H,2-5H2,1H3,(H,10,12,13). The number of rotatable bonds is 4. The summed E-state index contributed by atoms with van der Waals surface area (Å²) in [5.74, 6) is -1.35. The van der Waals surface area contributed by atoms with Gasteiger partial charge in [0, 0.05) is 5.88 Å². The fourth-order valence-corrected chi connectivity index (χ4v) is 3.23. The molecule has 0 spiro atoms. The smallest absolute Gasteiger partial charge is 0.241 e. The van der Waals surface area contributed by atoms with Gasteiger partial charge in [-0.25, -0.2) is 8.42 Å². The average Bonchev–Trinajstić information content (AvgIpc) is 2.15. The number of carbonyl (C=O) groups excluding carboxylic acids is 2. The number of nitrogens with one attached hydrogen (secondary N) is 1. The minimum atomic E-state index is -3.59. The molecular formula is C8H13ClN2O4S. The third-order valence-electron chi connectivity index (χ3n) is 2.07. The molecule has 0 aliphatic carbocycles. The number of piperazine rings is 1. The summed E-state index contributed by atoms with van der Waals surface area (Å²) in [6.07, 6.45) is 0. The topological polar surface area (TPSA) is 83.6 Å². The van der Waals surface area contributed by atoms with E-state index in [0.29, 0.717) is 0 Å². The Hall–Kier alpha value is -0.660. The van der Waals surface area contributed by atoms with Crippen molar-refractivity contribution in [3.63, 3.8) is 0 Å². The van der Waals surface area contributed by atoms with E-state index in [9.17, 15) is 18.0 Å². The first kappa shape index (κ1) is 13.4. The Morgan fingerprint density at radius 1 is 1.38 bits per heavy atom. The molecule has 6 nitrogen and oxygen atoms in total. The van der Waals surface area contributed by atoms with Crippen LogP contribution in [0.3, 0.4) is 0 Å². The van der Waals surface area contributed by atoms with Crippen LogP contribution in [0.2, 0.25) is 0 Å². The molecule has 2 amide bonds. The predicted molar refractivity (Wildman–Crippen MR) is 58.4 cm³/mol. The van der Waals surface area contributed by atoms with Gasteiger partial charge < -0.3 is 0 Å². The first-order valence-electron chi connectivity index (χ1n) is 4.71. The van der Waals surface area contributed by atoms with E-state index in [0.717, 1.165) is 4.31 Å². The van der Waals surface area contributed by atoms with Gasteiger partial charge in [0.15, 0.2) is 0 Å². The third kappa shape index (κ3) is 3.43. The minimum Gasteiger partial charge on any atom is -0.294 e. The highest BCUT2D eigenvalue weighted by molar-refractivity contribution is 7.89. The normalized spacial score (nSPS) is 20.6. The molecule has 0 bridgehead atoms. The summed E-state index contributed by atoms with van der Waals surface area (Å²) < 4.78 is 24.4. The maximum atomic E-state index is 11.8. The second-order valence-electron chi connectivity index (χ2n) is 3.78. The van der Waals surface area contributed by atoms with Gasteiger partial charge in [-0.2, -0.15) is 4.31 Å². The Bertz CT molecular complexity index is 379. The fourth-order valence-electron chi connectivity index (χ4n) is 1.32. The molecule has 1 fully saturated rings. The van der Waals surface area contributed by atoms with Crippen LogP contribution in [0.1, 0.15) is 6.92 Å². The quantitative estimate of drug-likeness (QED) is 0.532. The molecule has 1 saturated heterocycles. The highest BCUT2D eigenvalue weighted by Gasteiger charge is 2.32. The van der Waals surface area contributed by atoms with Gasteiger partial charge in [0.25, 0.3) is 0 Å². The summed E-state index contributed by atoms with van der Waals surface area (Å²) in [5.41, 5.74) is 0. The van der Waals surface area contributed by atoms with Crippen molar-refractivity contribution in [2.24, 2.45) is 5.92 Å². The summed E-state index contributed by atoms with van der Waals surface area (Å²) in [6.45, 7) is 1.09. The van der Waals surface area contributed by atoms with Gasteiger partial charge >= 0.3 is 0 Å². The van der Waals surface area contributed by atoms with Crippen LogP contribution < -0.4 is 5.32 Å². The number of hydrogen-bond donors (Lipinski definition) is 1. The molecule has 1 aliphatic heterocycles. The lowest BCUT2D eigenvalue weighted by Gasteiger charge is -2.25. The van der Waals surface area contributed by atoms with E-state index in [1.165, 1.54) is 0 Å². The monoisotopic (exact) mass is 268 g/mol. The van der Waals surface area contributed by atoms with Crippen LogP contribution >= 0.6 is 11.6 Å². The molecule has 0 aromatic carbocycles. The molecular weight excluding hydrogens is 256 g/mol. The van der Waals surface area contributed by atoms with Gasteiger partial charge in [0.2, 0.25) is 21.8 Å². The molecule has 1 aliphatic rings. The van der Waals surface area contributed by atoms with Crippen molar-refractivity contribution in [3.05, 3.63) is 0 Å². The van der Waals surface area contributed by atoms with Gasteiger partial charge in [-0.05, 0) is 5.92 Å². The van der Waals surface area contributed by atoms with E-state index < -0.39 is 21.8 Å². The van der Waals surface area contributed by atoms with Crippen LogP contribution in [0.4, 0.5) is 0 Å². The second-order valence-corrected chi connectivity index (χ2v) is 6.10. The number of alkyl halides is 1. The largest absolute Gasteiger partial charge is 0.294 e. The second kappa shape index (κ2) is 5.11. The molecule has 1 N–H and O–H groups in total. The summed E-state index contributed by atoms with van der Waals surface area (Å²) in [4.78, 5) is 22.0. The molecule has 1 atom stereocenters. The van der Waals surface area contributed by atoms with Crippen LogP contribution in [0, 0.1) is 5.92 Å². The minimum absolute atomic E-state index is 0.156. The van der Waals surface area contributed by atoms with Crippen molar-refractivity contribution in [1.82, 2.24) is 9.62 Å². The summed E-state index contributed by atoms with van der Waals surface area (Å²) >= 11 is 5.53. The molecule has 0 aromatic heterocycles. The predicted octanol–water partition coefficient (Wildman–Crippen LogP) is -0.850. The highest BCUT2D eigenvalue weighted by Crippen LogP contribution is 2.10. The molecule has 1 unspecified atom stereocenters. The van der Waals surface area contributed by atoms with Crippen molar-refractivity contribution in [3.8, 4) is 0 Å². The molecule has 1 rings (SSSR count). The molecule has 1 heterocycles. The van der Waals surface area contributed by atoms with Gasteiger partial charge in [-0.3, -0.25) is 14.9 Å². The van der Waals surface area contributed by atoms with Gasteiger partial charge in [0.1, 0.15) is 0 Å². The van der Waals surface area contributed by atoms with Crippen molar-refractivity contribution in [2.75, 3.05) is 24.7 Å². The lowest BCUT2D eigenvalue weighted by Crippen LogP contribution is -2.54. The molecule has 8 heteroatoms.